The van der Waals surface area contributed by atoms with Gasteiger partial charge in [0, 0.05) is 34.6 Å². The first-order chi connectivity index (χ1) is 4.83. The zero-order valence-corrected chi connectivity index (χ0v) is 11.6. The van der Waals surface area contributed by atoms with E-state index in [1.165, 1.54) is 11.3 Å². The van der Waals surface area contributed by atoms with Crippen LogP contribution in [-0.4, -0.2) is 51.1 Å². The molecule has 0 bridgehead atoms. The maximum atomic E-state index is 4.86. The Bertz CT molecular complexity index is 244. The molecular formula is C4H6N2NaS4. The predicted octanol–water partition coefficient (Wildman–Crippen LogP) is 2.23. The van der Waals surface area contributed by atoms with Gasteiger partial charge >= 0.3 is 0 Å². The minimum Gasteiger partial charge on any atom is -0.257 e. The standard InChI is InChI=1S/C4H6N2S4.Na/c1-8-2-9-4-6-5-3(7)10-4;/h2H2,1H3,(H,5,7);. The van der Waals surface area contributed by atoms with E-state index in [1.807, 2.05) is 0 Å². The zero-order chi connectivity index (χ0) is 7.40. The fourth-order valence-corrected chi connectivity index (χ4v) is 3.07. The summed E-state index contributed by atoms with van der Waals surface area (Å²) in [5.74, 6) is 0. The van der Waals surface area contributed by atoms with Crippen LogP contribution in [0.3, 0.4) is 0 Å². The van der Waals surface area contributed by atoms with Crippen LogP contribution < -0.4 is 0 Å². The predicted molar refractivity (Wildman–Crippen MR) is 57.3 cm³/mol. The first-order valence-electron chi connectivity index (χ1n) is 2.50. The van der Waals surface area contributed by atoms with Crippen molar-refractivity contribution in [2.24, 2.45) is 0 Å². The Labute approximate surface area is 105 Å². The van der Waals surface area contributed by atoms with Crippen molar-refractivity contribution in [3.8, 4) is 0 Å². The van der Waals surface area contributed by atoms with Crippen LogP contribution in [0, 0.1) is 3.95 Å². The molecule has 1 radical (unpaired) electrons. The van der Waals surface area contributed by atoms with Crippen molar-refractivity contribution in [2.75, 3.05) is 11.3 Å². The number of nitrogens with one attached hydrogen (secondary N) is 1. The summed E-state index contributed by atoms with van der Waals surface area (Å²) in [5.41, 5.74) is 0. The Morgan fingerprint density at radius 2 is 2.45 bits per heavy atom. The van der Waals surface area contributed by atoms with E-state index in [0.29, 0.717) is 0 Å². The van der Waals surface area contributed by atoms with Crippen LogP contribution in [0.25, 0.3) is 0 Å². The Morgan fingerprint density at radius 3 is 2.91 bits per heavy atom. The summed E-state index contributed by atoms with van der Waals surface area (Å²) in [7, 11) is 0. The fourth-order valence-electron chi connectivity index (χ4n) is 0.387. The van der Waals surface area contributed by atoms with Crippen LogP contribution in [-0.2, 0) is 0 Å². The van der Waals surface area contributed by atoms with Crippen molar-refractivity contribution >= 4 is 76.6 Å². The van der Waals surface area contributed by atoms with Crippen molar-refractivity contribution in [1.82, 2.24) is 10.2 Å². The molecule has 0 unspecified atom stereocenters. The van der Waals surface area contributed by atoms with Crippen LogP contribution in [0.2, 0.25) is 0 Å². The summed E-state index contributed by atoms with van der Waals surface area (Å²) in [6.45, 7) is 0. The van der Waals surface area contributed by atoms with E-state index in [0.717, 1.165) is 13.4 Å². The topological polar surface area (TPSA) is 28.7 Å². The number of rotatable bonds is 3. The summed E-state index contributed by atoms with van der Waals surface area (Å²) in [6.07, 6.45) is 2.07. The molecule has 1 N–H and O–H groups in total. The SMILES string of the molecule is CSCSc1n[nH]c(=S)s1.[Na]. The summed E-state index contributed by atoms with van der Waals surface area (Å²) in [5, 5.41) is 7.76. The molecule has 0 aliphatic carbocycles. The van der Waals surface area contributed by atoms with Crippen LogP contribution in [0.15, 0.2) is 4.34 Å². The Hall–Kier alpha value is 1.48. The van der Waals surface area contributed by atoms with Gasteiger partial charge in [-0.25, -0.2) is 0 Å². The van der Waals surface area contributed by atoms with Gasteiger partial charge in [-0.2, -0.15) is 16.9 Å². The number of nitrogens with zero attached hydrogens (tertiary/aromatic N) is 1. The first-order valence-corrected chi connectivity index (χ1v) is 6.10. The molecule has 1 heterocycles. The molecule has 11 heavy (non-hydrogen) atoms. The molecule has 1 aromatic rings. The van der Waals surface area contributed by atoms with Gasteiger partial charge in [-0.15, -0.1) is 0 Å². The van der Waals surface area contributed by atoms with Crippen molar-refractivity contribution in [2.45, 2.75) is 4.34 Å². The van der Waals surface area contributed by atoms with Gasteiger partial charge in [-0.1, -0.05) is 23.1 Å². The smallest absolute Gasteiger partial charge is 0.177 e. The van der Waals surface area contributed by atoms with Crippen molar-refractivity contribution < 1.29 is 0 Å². The van der Waals surface area contributed by atoms with Gasteiger partial charge in [0.15, 0.2) is 8.29 Å². The van der Waals surface area contributed by atoms with E-state index >= 15 is 0 Å². The van der Waals surface area contributed by atoms with Crippen molar-refractivity contribution in [3.05, 3.63) is 3.95 Å². The summed E-state index contributed by atoms with van der Waals surface area (Å²) >= 11 is 9.89. The molecule has 0 aliphatic rings. The van der Waals surface area contributed by atoms with Gasteiger partial charge in [0.1, 0.15) is 0 Å². The van der Waals surface area contributed by atoms with Crippen molar-refractivity contribution in [1.29, 1.82) is 0 Å². The van der Waals surface area contributed by atoms with Gasteiger partial charge in [-0.05, 0) is 18.5 Å². The largest absolute Gasteiger partial charge is 0.257 e. The third-order valence-corrected chi connectivity index (χ3v) is 3.96. The molecule has 0 aromatic carbocycles. The third-order valence-electron chi connectivity index (χ3n) is 0.719. The minimum absolute atomic E-state index is 0. The molecule has 1 aromatic heterocycles. The van der Waals surface area contributed by atoms with E-state index < -0.39 is 0 Å². The van der Waals surface area contributed by atoms with Crippen molar-refractivity contribution in [3.63, 3.8) is 0 Å². The summed E-state index contributed by atoms with van der Waals surface area (Å²) in [6, 6.07) is 0. The number of hydrogen-bond acceptors (Lipinski definition) is 5. The minimum atomic E-state index is 0. The van der Waals surface area contributed by atoms with Gasteiger partial charge in [-0.3, -0.25) is 5.10 Å². The Morgan fingerprint density at radius 1 is 1.73 bits per heavy atom. The monoisotopic (exact) mass is 233 g/mol. The molecule has 57 valence electrons. The number of thioether (sulfide) groups is 2. The van der Waals surface area contributed by atoms with Crippen LogP contribution >= 0.6 is 47.1 Å². The normalized spacial score (nSPS) is 9.18. The average molecular weight is 233 g/mol. The second-order valence-corrected chi connectivity index (χ2v) is 5.55. The molecule has 0 spiro atoms. The first kappa shape index (κ1) is 12.5. The van der Waals surface area contributed by atoms with E-state index in [1.54, 1.807) is 23.5 Å². The maximum absolute atomic E-state index is 4.86. The molecule has 0 aliphatic heterocycles. The van der Waals surface area contributed by atoms with Gasteiger partial charge in [0.05, 0.1) is 0 Å². The van der Waals surface area contributed by atoms with Gasteiger partial charge in [0.2, 0.25) is 0 Å². The van der Waals surface area contributed by atoms with Crippen LogP contribution in [0.5, 0.6) is 0 Å². The molecular weight excluding hydrogens is 227 g/mol. The molecule has 7 heteroatoms. The maximum Gasteiger partial charge on any atom is 0.177 e. The quantitative estimate of drug-likeness (QED) is 0.375. The Kier molecular flexibility index (Phi) is 7.87. The van der Waals surface area contributed by atoms with Gasteiger partial charge < -0.3 is 0 Å². The van der Waals surface area contributed by atoms with E-state index in [9.17, 15) is 0 Å². The molecule has 0 fully saturated rings. The second kappa shape index (κ2) is 6.94. The van der Waals surface area contributed by atoms with Crippen LogP contribution in [0.4, 0.5) is 0 Å². The zero-order valence-electron chi connectivity index (χ0n) is 6.29. The fraction of sp³-hybridized carbons (Fsp3) is 0.500. The van der Waals surface area contributed by atoms with Crippen LogP contribution in [0.1, 0.15) is 0 Å². The molecule has 2 nitrogen and oxygen atoms in total. The molecule has 0 atom stereocenters. The number of hydrogen-bond donors (Lipinski definition) is 1. The molecule has 0 saturated carbocycles. The summed E-state index contributed by atoms with van der Waals surface area (Å²) in [4.78, 5) is 0. The average Bonchev–Trinajstić information content (AvgIpc) is 2.31. The van der Waals surface area contributed by atoms with E-state index in [2.05, 4.69) is 16.5 Å². The van der Waals surface area contributed by atoms with E-state index in [4.69, 9.17) is 12.2 Å². The third kappa shape index (κ3) is 4.92. The number of aromatic amines is 1. The number of aromatic nitrogens is 2. The van der Waals surface area contributed by atoms with E-state index in [-0.39, 0.29) is 29.6 Å². The molecule has 0 amide bonds. The Balaban J connectivity index is 0.000001000. The number of H-pyrrole nitrogens is 1. The summed E-state index contributed by atoms with van der Waals surface area (Å²) < 4.78 is 1.78. The molecule has 1 rings (SSSR count). The second-order valence-electron chi connectivity index (χ2n) is 1.43. The van der Waals surface area contributed by atoms with Gasteiger partial charge in [0.25, 0.3) is 0 Å². The molecule has 0 saturated heterocycles.